The van der Waals surface area contributed by atoms with Crippen molar-refractivity contribution in [2.75, 3.05) is 18.9 Å². The third-order valence-electron chi connectivity index (χ3n) is 12.8. The minimum atomic E-state index is -0.112. The number of aliphatic imine (C=N–C) groups is 1. The van der Waals surface area contributed by atoms with Gasteiger partial charge in [0.2, 0.25) is 0 Å². The second kappa shape index (κ2) is 21.7. The van der Waals surface area contributed by atoms with Gasteiger partial charge in [0.15, 0.2) is 0 Å². The largest absolute Gasteiger partial charge is 1.00 e. The predicted molar refractivity (Wildman–Crippen MR) is 259 cm³/mol. The van der Waals surface area contributed by atoms with E-state index in [1.807, 2.05) is 36.7 Å². The maximum atomic E-state index is 5.49. The van der Waals surface area contributed by atoms with Gasteiger partial charge in [0.1, 0.15) is 11.4 Å². The zero-order valence-corrected chi connectivity index (χ0v) is 42.2. The predicted octanol–water partition coefficient (Wildman–Crippen LogP) is 9.41. The second-order valence-corrected chi connectivity index (χ2v) is 17.8. The molecule has 1 saturated carbocycles. The summed E-state index contributed by atoms with van der Waals surface area (Å²) in [6.07, 6.45) is 17.3. The molecule has 0 amide bonds. The van der Waals surface area contributed by atoms with E-state index < -0.39 is 0 Å². The Morgan fingerprint density at radius 2 is 1.25 bits per heavy atom. The summed E-state index contributed by atoms with van der Waals surface area (Å²) in [5, 5.41) is 3.73. The maximum absolute atomic E-state index is 5.49. The van der Waals surface area contributed by atoms with Crippen molar-refractivity contribution in [2.45, 2.75) is 104 Å². The van der Waals surface area contributed by atoms with Crippen LogP contribution < -0.4 is 61.2 Å². The molecule has 1 unspecified atom stereocenters. The van der Waals surface area contributed by atoms with Crippen LogP contribution in [0, 0.1) is 6.92 Å². The number of nitrogens with one attached hydrogen (secondary N) is 1. The van der Waals surface area contributed by atoms with Gasteiger partial charge in [0.05, 0.1) is 54.0 Å². The first kappa shape index (κ1) is 48.3. The van der Waals surface area contributed by atoms with Gasteiger partial charge in [-0.3, -0.25) is 29.3 Å². The minimum absolute atomic E-state index is 0. The number of nitrogens with zero attached hydrogens (tertiary/aromatic N) is 6. The van der Waals surface area contributed by atoms with Gasteiger partial charge in [0, 0.05) is 54.4 Å². The van der Waals surface area contributed by atoms with Gasteiger partial charge in [0.25, 0.3) is 0 Å². The fourth-order valence-corrected chi connectivity index (χ4v) is 9.72. The van der Waals surface area contributed by atoms with Crippen molar-refractivity contribution < 1.29 is 51.4 Å². The molecular weight excluding hydrogens is 798 g/mol. The Morgan fingerprint density at radius 3 is 1.89 bits per heavy atom. The molecule has 8 rings (SSSR count). The molecule has 1 aliphatic carbocycles. The number of fused-ring (bicyclic) bond motifs is 2. The van der Waals surface area contributed by atoms with Crippen molar-refractivity contribution in [3.63, 3.8) is 0 Å². The molecule has 63 heavy (non-hydrogen) atoms. The first-order valence-corrected chi connectivity index (χ1v) is 22.4. The number of hydrogen-bond donors (Lipinski definition) is 1. The van der Waals surface area contributed by atoms with Crippen LogP contribution in [0.3, 0.4) is 0 Å². The molecule has 0 radical (unpaired) electrons. The molecule has 1 N–H and O–H groups in total. The van der Waals surface area contributed by atoms with E-state index in [2.05, 4.69) is 172 Å². The number of quaternary nitrogens is 1. The molecule has 8 heteroatoms. The van der Waals surface area contributed by atoms with E-state index in [1.54, 1.807) is 6.92 Å². The van der Waals surface area contributed by atoms with Crippen molar-refractivity contribution in [1.82, 2.24) is 24.3 Å². The van der Waals surface area contributed by atoms with Crippen LogP contribution in [0.25, 0.3) is 0 Å². The van der Waals surface area contributed by atoms with Gasteiger partial charge < -0.3 is 12.2 Å². The minimum Gasteiger partial charge on any atom is -0.358 e. The first-order valence-electron chi connectivity index (χ1n) is 22.4. The molecule has 5 aromatic rings. The van der Waals surface area contributed by atoms with Gasteiger partial charge >= 0.3 is 51.4 Å². The number of anilines is 1. The molecule has 0 spiro atoms. The van der Waals surface area contributed by atoms with Crippen LogP contribution in [0.4, 0.5) is 11.4 Å². The topological polar surface area (TPSA) is 66.3 Å². The van der Waals surface area contributed by atoms with E-state index >= 15 is 0 Å². The fraction of sp³-hybridized carbons (Fsp3) is 0.327. The van der Waals surface area contributed by atoms with Crippen LogP contribution in [0.5, 0.6) is 0 Å². The molecule has 1 atom stereocenters. The van der Waals surface area contributed by atoms with Crippen LogP contribution >= 0.6 is 0 Å². The average Bonchev–Trinajstić information content (AvgIpc) is 3.64. The summed E-state index contributed by atoms with van der Waals surface area (Å²) in [6.45, 7) is 20.3. The van der Waals surface area contributed by atoms with Crippen molar-refractivity contribution in [1.29, 1.82) is 0 Å². The van der Waals surface area contributed by atoms with Gasteiger partial charge in [-0.05, 0) is 117 Å². The molecule has 2 aliphatic heterocycles. The Labute approximate surface area is 420 Å². The Kier molecular flexibility index (Phi) is 16.7. The summed E-state index contributed by atoms with van der Waals surface area (Å²) in [5.41, 5.74) is 15.5. The van der Waals surface area contributed by atoms with Gasteiger partial charge in [-0.15, -0.1) is 0 Å². The zero-order valence-electron chi connectivity index (χ0n) is 39.0. The number of benzene rings is 2. The molecule has 0 bridgehead atoms. The van der Waals surface area contributed by atoms with Crippen LogP contribution in [0.2, 0.25) is 0 Å². The first-order chi connectivity index (χ1) is 30.1. The summed E-state index contributed by atoms with van der Waals surface area (Å²) in [7, 11) is 2.40. The summed E-state index contributed by atoms with van der Waals surface area (Å²) in [5.74, 6) is 0. The van der Waals surface area contributed by atoms with E-state index in [0.717, 1.165) is 65.2 Å². The Morgan fingerprint density at radius 1 is 0.683 bits per heavy atom. The van der Waals surface area contributed by atoms with Gasteiger partial charge in [-0.2, -0.15) is 6.92 Å². The van der Waals surface area contributed by atoms with Crippen molar-refractivity contribution in [3.8, 4) is 0 Å². The molecule has 2 aromatic carbocycles. The molecular formula is C55H65KN7+. The quantitative estimate of drug-likeness (QED) is 0.0770. The van der Waals surface area contributed by atoms with Crippen molar-refractivity contribution in [3.05, 3.63) is 203 Å². The molecule has 3 aromatic heterocycles. The van der Waals surface area contributed by atoms with E-state index in [9.17, 15) is 0 Å². The Hall–Kier alpha value is -4.12. The fourth-order valence-electron chi connectivity index (χ4n) is 9.72. The summed E-state index contributed by atoms with van der Waals surface area (Å²) >= 11 is 0. The number of para-hydroxylation sites is 2. The summed E-state index contributed by atoms with van der Waals surface area (Å²) in [4.78, 5) is 22.3. The summed E-state index contributed by atoms with van der Waals surface area (Å²) in [6, 6.07) is 36.2. The number of allylic oxidation sites excluding steroid dienone is 8. The number of aromatic nitrogens is 3. The van der Waals surface area contributed by atoms with E-state index in [4.69, 9.17) is 9.98 Å². The Balaban J connectivity index is 0.00000217. The van der Waals surface area contributed by atoms with Gasteiger partial charge in [-0.1, -0.05) is 87.5 Å². The smallest absolute Gasteiger partial charge is 0.358 e. The standard InChI is InChI=1S/C53H60N7.C2H5.K/c1-7-34-60(6)48-27-11-9-25-46(48)53(4,5)50(60)31-29-40-19-16-18-39(28-30-49-52(2,3)45-24-8-10-26-47(45)58-49)51(40)56-35-41-22-17-23-44(57-41)38-59(36-42-20-12-14-32-54-42)37-43-21-13-15-33-55-43;1-2;/h8-15,17,20-33,58H,7,16,18-19,34-38H2,1-6H3;1H2,2H3;/q+1;-1;+1/b39-28+,40-29+,49-30+,50-31+,56-51?;;. The van der Waals surface area contributed by atoms with Crippen molar-refractivity contribution in [2.24, 2.45) is 4.99 Å². The van der Waals surface area contributed by atoms with E-state index in [1.165, 1.54) is 45.0 Å². The average molecular weight is 863 g/mol. The molecule has 320 valence electrons. The zero-order chi connectivity index (χ0) is 43.7. The van der Waals surface area contributed by atoms with Crippen LogP contribution in [-0.2, 0) is 37.0 Å². The number of hydrogen-bond acceptors (Lipinski definition) is 6. The molecule has 5 heterocycles. The monoisotopic (exact) mass is 862 g/mol. The molecule has 0 saturated heterocycles. The van der Waals surface area contributed by atoms with Crippen LogP contribution in [0.15, 0.2) is 167 Å². The van der Waals surface area contributed by atoms with Crippen molar-refractivity contribution >= 4 is 17.1 Å². The number of rotatable bonds is 12. The number of likely N-dealkylation sites (N-methyl/N-ethyl adjacent to an activating group) is 1. The van der Waals surface area contributed by atoms with Crippen LogP contribution in [0.1, 0.15) is 101 Å². The second-order valence-electron chi connectivity index (χ2n) is 17.8. The summed E-state index contributed by atoms with van der Waals surface area (Å²) < 4.78 is 0.834. The maximum Gasteiger partial charge on any atom is 1.00 e. The third kappa shape index (κ3) is 10.9. The molecule has 7 nitrogen and oxygen atoms in total. The molecule has 3 aliphatic rings. The normalized spacial score (nSPS) is 21.5. The number of pyridine rings is 3. The SMILES string of the molecule is CCC[N+]1(C)/C(=C/C=C2\CCC/C(=C\C=C3\Nc4ccccc4C3(C)C)C2=NCc2cccc(CN(Cc3ccccn3)Cc3ccccn3)n2)C(C)(C)c2ccccc21.[CH2-]C.[K+]. The van der Waals surface area contributed by atoms with E-state index in [-0.39, 0.29) is 62.2 Å². The van der Waals surface area contributed by atoms with Gasteiger partial charge in [-0.25, -0.2) is 0 Å². The van der Waals surface area contributed by atoms with E-state index in [0.29, 0.717) is 26.2 Å². The molecule has 1 fully saturated rings. The Bertz CT molecular complexity index is 2440. The van der Waals surface area contributed by atoms with Crippen LogP contribution in [-0.4, -0.2) is 39.2 Å². The third-order valence-corrected chi connectivity index (χ3v) is 12.8.